The molecule has 0 bridgehead atoms. The summed E-state index contributed by atoms with van der Waals surface area (Å²) < 4.78 is 0. The number of nitrogens with zero attached hydrogens (tertiary/aromatic N) is 1. The lowest BCUT2D eigenvalue weighted by atomic mass is 10.0. The van der Waals surface area contributed by atoms with Gasteiger partial charge in [-0.1, -0.05) is 12.1 Å². The molecular weight excluding hydrogens is 254 g/mol. The standard InChI is InChI=1S/C15H21N3O2/c16-12-7-4-11(5-8-12)6-9-14(19)18-10-2-1-3-13(18)15(17)20/h4-5,7-8,13H,1-3,6,9-10,16H2,(H2,17,20). The highest BCUT2D eigenvalue weighted by Crippen LogP contribution is 2.18. The minimum Gasteiger partial charge on any atom is -0.399 e. The van der Waals surface area contributed by atoms with Gasteiger partial charge in [0, 0.05) is 18.7 Å². The van der Waals surface area contributed by atoms with Gasteiger partial charge in [-0.25, -0.2) is 0 Å². The number of nitrogens with two attached hydrogens (primary N) is 2. The van der Waals surface area contributed by atoms with Crippen LogP contribution in [0, 0.1) is 0 Å². The number of carbonyl (C=O) groups is 2. The quantitative estimate of drug-likeness (QED) is 0.805. The zero-order valence-electron chi connectivity index (χ0n) is 11.5. The van der Waals surface area contributed by atoms with Gasteiger partial charge in [-0.15, -0.1) is 0 Å². The van der Waals surface area contributed by atoms with E-state index in [1.807, 2.05) is 24.3 Å². The summed E-state index contributed by atoms with van der Waals surface area (Å²) in [5.41, 5.74) is 12.8. The van der Waals surface area contributed by atoms with Crippen molar-refractivity contribution in [1.29, 1.82) is 0 Å². The first kappa shape index (κ1) is 14.4. The van der Waals surface area contributed by atoms with Gasteiger partial charge in [0.2, 0.25) is 11.8 Å². The smallest absolute Gasteiger partial charge is 0.240 e. The molecule has 1 saturated heterocycles. The first-order valence-corrected chi connectivity index (χ1v) is 7.01. The summed E-state index contributed by atoms with van der Waals surface area (Å²) in [5.74, 6) is -0.393. The molecule has 5 heteroatoms. The first-order chi connectivity index (χ1) is 9.58. The van der Waals surface area contributed by atoms with E-state index in [0.717, 1.165) is 18.4 Å². The molecule has 2 rings (SSSR count). The SMILES string of the molecule is NC(=O)C1CCCCN1C(=O)CCc1ccc(N)cc1. The summed E-state index contributed by atoms with van der Waals surface area (Å²) in [7, 11) is 0. The molecule has 20 heavy (non-hydrogen) atoms. The molecule has 1 fully saturated rings. The van der Waals surface area contributed by atoms with Crippen LogP contribution in [0.15, 0.2) is 24.3 Å². The zero-order valence-corrected chi connectivity index (χ0v) is 11.5. The predicted octanol–water partition coefficient (Wildman–Crippen LogP) is 1.07. The Morgan fingerprint density at radius 1 is 1.20 bits per heavy atom. The Balaban J connectivity index is 1.93. The molecule has 0 aromatic heterocycles. The van der Waals surface area contributed by atoms with Crippen molar-refractivity contribution in [2.75, 3.05) is 12.3 Å². The number of benzene rings is 1. The van der Waals surface area contributed by atoms with Crippen molar-refractivity contribution in [3.05, 3.63) is 29.8 Å². The van der Waals surface area contributed by atoms with Gasteiger partial charge in [0.1, 0.15) is 6.04 Å². The van der Waals surface area contributed by atoms with Crippen LogP contribution in [-0.2, 0) is 16.0 Å². The lowest BCUT2D eigenvalue weighted by Crippen LogP contribution is -2.50. The van der Waals surface area contributed by atoms with Crippen LogP contribution in [0.5, 0.6) is 0 Å². The van der Waals surface area contributed by atoms with E-state index >= 15 is 0 Å². The molecule has 1 atom stereocenters. The second kappa shape index (κ2) is 6.41. The highest BCUT2D eigenvalue weighted by atomic mass is 16.2. The van der Waals surface area contributed by atoms with Crippen molar-refractivity contribution in [1.82, 2.24) is 4.90 Å². The minimum atomic E-state index is -0.428. The van der Waals surface area contributed by atoms with Crippen molar-refractivity contribution in [2.45, 2.75) is 38.1 Å². The summed E-state index contributed by atoms with van der Waals surface area (Å²) in [5, 5.41) is 0. The maximum Gasteiger partial charge on any atom is 0.240 e. The second-order valence-corrected chi connectivity index (χ2v) is 5.24. The molecular formula is C15H21N3O2. The molecule has 1 heterocycles. The number of hydrogen-bond acceptors (Lipinski definition) is 3. The van der Waals surface area contributed by atoms with Gasteiger partial charge >= 0.3 is 0 Å². The van der Waals surface area contributed by atoms with Crippen molar-refractivity contribution < 1.29 is 9.59 Å². The molecule has 0 aliphatic carbocycles. The highest BCUT2D eigenvalue weighted by Gasteiger charge is 2.29. The number of rotatable bonds is 4. The van der Waals surface area contributed by atoms with Crippen molar-refractivity contribution in [3.8, 4) is 0 Å². The van der Waals surface area contributed by atoms with E-state index in [9.17, 15) is 9.59 Å². The van der Waals surface area contributed by atoms with Crippen molar-refractivity contribution in [2.24, 2.45) is 5.73 Å². The summed E-state index contributed by atoms with van der Waals surface area (Å²) in [4.78, 5) is 25.3. The van der Waals surface area contributed by atoms with Crippen LogP contribution < -0.4 is 11.5 Å². The van der Waals surface area contributed by atoms with Gasteiger partial charge < -0.3 is 16.4 Å². The number of nitrogen functional groups attached to an aromatic ring is 1. The van der Waals surface area contributed by atoms with Gasteiger partial charge in [-0.05, 0) is 43.4 Å². The molecule has 2 amide bonds. The van der Waals surface area contributed by atoms with Crippen LogP contribution in [-0.4, -0.2) is 29.3 Å². The first-order valence-electron chi connectivity index (χ1n) is 7.01. The lowest BCUT2D eigenvalue weighted by Gasteiger charge is -2.33. The zero-order chi connectivity index (χ0) is 14.5. The lowest BCUT2D eigenvalue weighted by molar-refractivity contribution is -0.141. The summed E-state index contributed by atoms with van der Waals surface area (Å²) in [6.07, 6.45) is 3.63. The molecule has 108 valence electrons. The molecule has 0 saturated carbocycles. The predicted molar refractivity (Wildman–Crippen MR) is 77.7 cm³/mol. The average molecular weight is 275 g/mol. The third kappa shape index (κ3) is 3.50. The maximum absolute atomic E-state index is 12.2. The molecule has 5 nitrogen and oxygen atoms in total. The van der Waals surface area contributed by atoms with Crippen LogP contribution in [0.2, 0.25) is 0 Å². The minimum absolute atomic E-state index is 0.00493. The van der Waals surface area contributed by atoms with Crippen LogP contribution >= 0.6 is 0 Å². The summed E-state index contributed by atoms with van der Waals surface area (Å²) in [6.45, 7) is 0.633. The Kier molecular flexibility index (Phi) is 4.61. The number of likely N-dealkylation sites (tertiary alicyclic amines) is 1. The third-order valence-corrected chi connectivity index (χ3v) is 3.76. The van der Waals surface area contributed by atoms with E-state index in [2.05, 4.69) is 0 Å². The molecule has 4 N–H and O–H groups in total. The molecule has 1 aromatic rings. The second-order valence-electron chi connectivity index (χ2n) is 5.24. The number of primary amides is 1. The van der Waals surface area contributed by atoms with Gasteiger partial charge in [-0.2, -0.15) is 0 Å². The Labute approximate surface area is 118 Å². The van der Waals surface area contributed by atoms with E-state index < -0.39 is 11.9 Å². The van der Waals surface area contributed by atoms with Crippen LogP contribution in [0.4, 0.5) is 5.69 Å². The number of piperidine rings is 1. The number of hydrogen-bond donors (Lipinski definition) is 2. The highest BCUT2D eigenvalue weighted by molar-refractivity contribution is 5.86. The van der Waals surface area contributed by atoms with E-state index in [-0.39, 0.29) is 5.91 Å². The van der Waals surface area contributed by atoms with Gasteiger partial charge in [0.15, 0.2) is 0 Å². The molecule has 1 aliphatic heterocycles. The Hall–Kier alpha value is -2.04. The maximum atomic E-state index is 12.2. The number of anilines is 1. The van der Waals surface area contributed by atoms with Crippen LogP contribution in [0.25, 0.3) is 0 Å². The molecule has 0 radical (unpaired) electrons. The Morgan fingerprint density at radius 2 is 1.90 bits per heavy atom. The number of amides is 2. The molecule has 1 aromatic carbocycles. The van der Waals surface area contributed by atoms with E-state index in [1.54, 1.807) is 4.90 Å². The Bertz CT molecular complexity index is 484. The largest absolute Gasteiger partial charge is 0.399 e. The summed E-state index contributed by atoms with van der Waals surface area (Å²) >= 11 is 0. The molecule has 1 aliphatic rings. The van der Waals surface area contributed by atoms with E-state index in [1.165, 1.54) is 0 Å². The van der Waals surface area contributed by atoms with Crippen molar-refractivity contribution in [3.63, 3.8) is 0 Å². The summed E-state index contributed by atoms with van der Waals surface area (Å²) in [6, 6.07) is 7.07. The van der Waals surface area contributed by atoms with E-state index in [0.29, 0.717) is 31.5 Å². The molecule has 0 spiro atoms. The van der Waals surface area contributed by atoms with Gasteiger partial charge in [0.05, 0.1) is 0 Å². The fourth-order valence-corrected chi connectivity index (χ4v) is 2.61. The van der Waals surface area contributed by atoms with Gasteiger partial charge in [-0.3, -0.25) is 9.59 Å². The van der Waals surface area contributed by atoms with Crippen molar-refractivity contribution >= 4 is 17.5 Å². The normalized spacial score (nSPS) is 18.8. The monoisotopic (exact) mass is 275 g/mol. The van der Waals surface area contributed by atoms with Crippen LogP contribution in [0.3, 0.4) is 0 Å². The fraction of sp³-hybridized carbons (Fsp3) is 0.467. The number of aryl methyl sites for hydroxylation is 1. The average Bonchev–Trinajstić information content (AvgIpc) is 2.46. The van der Waals surface area contributed by atoms with E-state index in [4.69, 9.17) is 11.5 Å². The third-order valence-electron chi connectivity index (χ3n) is 3.76. The number of carbonyl (C=O) groups excluding carboxylic acids is 2. The van der Waals surface area contributed by atoms with Crippen LogP contribution in [0.1, 0.15) is 31.2 Å². The Morgan fingerprint density at radius 3 is 2.55 bits per heavy atom. The fourth-order valence-electron chi connectivity index (χ4n) is 2.61. The molecule has 1 unspecified atom stereocenters. The topological polar surface area (TPSA) is 89.4 Å². The van der Waals surface area contributed by atoms with Gasteiger partial charge in [0.25, 0.3) is 0 Å².